The van der Waals surface area contributed by atoms with Gasteiger partial charge in [-0.3, -0.25) is 0 Å². The van der Waals surface area contributed by atoms with Gasteiger partial charge in [0.1, 0.15) is 5.75 Å². The maximum Gasteiger partial charge on any atom is 0.123 e. The van der Waals surface area contributed by atoms with Crippen molar-refractivity contribution in [2.45, 2.75) is 46.1 Å². The van der Waals surface area contributed by atoms with Gasteiger partial charge >= 0.3 is 0 Å². The molecule has 1 N–H and O–H groups in total. The Bertz CT molecular complexity index is 379. The van der Waals surface area contributed by atoms with E-state index in [9.17, 15) is 0 Å². The van der Waals surface area contributed by atoms with Crippen LogP contribution in [-0.4, -0.2) is 19.2 Å². The maximum absolute atomic E-state index is 6.19. The van der Waals surface area contributed by atoms with Gasteiger partial charge in [-0.05, 0) is 75.9 Å². The van der Waals surface area contributed by atoms with Crippen LogP contribution in [0.1, 0.15) is 36.0 Å². The van der Waals surface area contributed by atoms with Crippen molar-refractivity contribution in [1.29, 1.82) is 0 Å². The first-order chi connectivity index (χ1) is 8.16. The zero-order valence-electron chi connectivity index (χ0n) is 11.2. The highest BCUT2D eigenvalue weighted by Crippen LogP contribution is 2.26. The summed E-state index contributed by atoms with van der Waals surface area (Å²) >= 11 is 0. The normalized spacial score (nSPS) is 21.0. The minimum Gasteiger partial charge on any atom is -0.490 e. The van der Waals surface area contributed by atoms with Crippen molar-refractivity contribution in [1.82, 2.24) is 5.32 Å². The molecule has 1 unspecified atom stereocenters. The third-order valence-electron chi connectivity index (χ3n) is 3.58. The van der Waals surface area contributed by atoms with Gasteiger partial charge in [0, 0.05) is 0 Å². The quantitative estimate of drug-likeness (QED) is 0.847. The summed E-state index contributed by atoms with van der Waals surface area (Å²) in [6.45, 7) is 8.65. The van der Waals surface area contributed by atoms with Gasteiger partial charge in [0.15, 0.2) is 0 Å². The molecule has 0 bridgehead atoms. The molecule has 0 spiro atoms. The van der Waals surface area contributed by atoms with Gasteiger partial charge in [-0.25, -0.2) is 0 Å². The second kappa shape index (κ2) is 5.54. The second-order valence-electron chi connectivity index (χ2n) is 5.13. The summed E-state index contributed by atoms with van der Waals surface area (Å²) in [5.74, 6) is 1.08. The van der Waals surface area contributed by atoms with Crippen molar-refractivity contribution in [3.63, 3.8) is 0 Å². The van der Waals surface area contributed by atoms with Gasteiger partial charge in [0.2, 0.25) is 0 Å². The van der Waals surface area contributed by atoms with Crippen LogP contribution in [0, 0.1) is 20.8 Å². The molecule has 0 radical (unpaired) electrons. The first-order valence-electron chi connectivity index (χ1n) is 6.62. The van der Waals surface area contributed by atoms with E-state index in [1.165, 1.54) is 29.5 Å². The van der Waals surface area contributed by atoms with E-state index in [1.54, 1.807) is 0 Å². The molecule has 1 saturated heterocycles. The lowest BCUT2D eigenvalue weighted by Gasteiger charge is -2.19. The van der Waals surface area contributed by atoms with E-state index in [0.717, 1.165) is 25.3 Å². The van der Waals surface area contributed by atoms with Crippen LogP contribution in [-0.2, 0) is 0 Å². The van der Waals surface area contributed by atoms with Crippen molar-refractivity contribution in [3.8, 4) is 5.75 Å². The predicted molar refractivity (Wildman–Crippen MR) is 71.8 cm³/mol. The van der Waals surface area contributed by atoms with Gasteiger partial charge < -0.3 is 10.1 Å². The largest absolute Gasteiger partial charge is 0.490 e. The number of hydrogen-bond acceptors (Lipinski definition) is 2. The Hall–Kier alpha value is -1.02. The first kappa shape index (κ1) is 12.4. The van der Waals surface area contributed by atoms with Crippen LogP contribution >= 0.6 is 0 Å². The molecule has 1 atom stereocenters. The van der Waals surface area contributed by atoms with Crippen LogP contribution < -0.4 is 10.1 Å². The van der Waals surface area contributed by atoms with Crippen molar-refractivity contribution in [2.75, 3.05) is 13.1 Å². The van der Waals surface area contributed by atoms with Crippen molar-refractivity contribution in [3.05, 3.63) is 28.8 Å². The van der Waals surface area contributed by atoms with Gasteiger partial charge in [0.25, 0.3) is 0 Å². The molecule has 0 aliphatic carbocycles. The highest BCUT2D eigenvalue weighted by Gasteiger charge is 2.15. The molecule has 0 amide bonds. The third kappa shape index (κ3) is 3.22. The predicted octanol–water partition coefficient (Wildman–Crippen LogP) is 3.13. The maximum atomic E-state index is 6.19. The molecule has 17 heavy (non-hydrogen) atoms. The molecular formula is C15H23NO. The molecule has 94 valence electrons. The SMILES string of the molecule is Cc1cc(C)c(C)c(OC2CCCNCC2)c1. The first-order valence-corrected chi connectivity index (χ1v) is 6.62. The average Bonchev–Trinajstić information content (AvgIpc) is 2.54. The Morgan fingerprint density at radius 2 is 1.94 bits per heavy atom. The molecule has 2 heteroatoms. The third-order valence-corrected chi connectivity index (χ3v) is 3.58. The van der Waals surface area contributed by atoms with E-state index >= 15 is 0 Å². The van der Waals surface area contributed by atoms with E-state index in [2.05, 4.69) is 38.2 Å². The number of aryl methyl sites for hydroxylation is 2. The van der Waals surface area contributed by atoms with E-state index in [0.29, 0.717) is 6.10 Å². The van der Waals surface area contributed by atoms with Crippen LogP contribution in [0.5, 0.6) is 5.75 Å². The summed E-state index contributed by atoms with van der Waals surface area (Å²) in [6.07, 6.45) is 3.88. The van der Waals surface area contributed by atoms with Crippen LogP contribution in [0.2, 0.25) is 0 Å². The molecule has 0 aromatic heterocycles. The molecule has 1 aromatic carbocycles. The summed E-state index contributed by atoms with van der Waals surface area (Å²) in [5, 5.41) is 3.42. The molecule has 1 heterocycles. The summed E-state index contributed by atoms with van der Waals surface area (Å²) in [7, 11) is 0. The van der Waals surface area contributed by atoms with Crippen LogP contribution in [0.3, 0.4) is 0 Å². The minimum atomic E-state index is 0.380. The molecule has 1 fully saturated rings. The van der Waals surface area contributed by atoms with Gasteiger partial charge in [-0.1, -0.05) is 6.07 Å². The number of rotatable bonds is 2. The zero-order chi connectivity index (χ0) is 12.3. The Balaban J connectivity index is 2.11. The lowest BCUT2D eigenvalue weighted by Crippen LogP contribution is -2.19. The molecule has 1 aromatic rings. The van der Waals surface area contributed by atoms with Gasteiger partial charge in [0.05, 0.1) is 6.10 Å². The molecule has 1 aliphatic rings. The molecule has 2 rings (SSSR count). The topological polar surface area (TPSA) is 21.3 Å². The van der Waals surface area contributed by atoms with E-state index in [-0.39, 0.29) is 0 Å². The standard InChI is InChI=1S/C15H23NO/c1-11-9-12(2)13(3)15(10-11)17-14-5-4-7-16-8-6-14/h9-10,14,16H,4-8H2,1-3H3. The van der Waals surface area contributed by atoms with E-state index in [1.807, 2.05) is 0 Å². The van der Waals surface area contributed by atoms with Crippen molar-refractivity contribution < 1.29 is 4.74 Å². The van der Waals surface area contributed by atoms with Crippen LogP contribution in [0.4, 0.5) is 0 Å². The summed E-state index contributed by atoms with van der Waals surface area (Å²) < 4.78 is 6.19. The Morgan fingerprint density at radius 1 is 1.12 bits per heavy atom. The summed E-state index contributed by atoms with van der Waals surface area (Å²) in [6, 6.07) is 4.39. The number of benzene rings is 1. The van der Waals surface area contributed by atoms with Gasteiger partial charge in [-0.15, -0.1) is 0 Å². The van der Waals surface area contributed by atoms with E-state index < -0.39 is 0 Å². The molecular weight excluding hydrogens is 210 g/mol. The van der Waals surface area contributed by atoms with Crippen LogP contribution in [0.25, 0.3) is 0 Å². The molecule has 1 aliphatic heterocycles. The smallest absolute Gasteiger partial charge is 0.123 e. The highest BCUT2D eigenvalue weighted by atomic mass is 16.5. The second-order valence-corrected chi connectivity index (χ2v) is 5.13. The lowest BCUT2D eigenvalue weighted by atomic mass is 10.1. The number of hydrogen-bond donors (Lipinski definition) is 1. The Kier molecular flexibility index (Phi) is 4.06. The van der Waals surface area contributed by atoms with Gasteiger partial charge in [-0.2, -0.15) is 0 Å². The Morgan fingerprint density at radius 3 is 2.76 bits per heavy atom. The van der Waals surface area contributed by atoms with Crippen LogP contribution in [0.15, 0.2) is 12.1 Å². The summed E-state index contributed by atoms with van der Waals surface area (Å²) in [4.78, 5) is 0. The fraction of sp³-hybridized carbons (Fsp3) is 0.600. The Labute approximate surface area is 104 Å². The van der Waals surface area contributed by atoms with E-state index in [4.69, 9.17) is 4.74 Å². The number of nitrogens with one attached hydrogen (secondary N) is 1. The molecule has 0 saturated carbocycles. The minimum absolute atomic E-state index is 0.380. The molecule has 2 nitrogen and oxygen atoms in total. The fourth-order valence-electron chi connectivity index (χ4n) is 2.41. The monoisotopic (exact) mass is 233 g/mol. The van der Waals surface area contributed by atoms with Crippen molar-refractivity contribution in [2.24, 2.45) is 0 Å². The average molecular weight is 233 g/mol. The number of ether oxygens (including phenoxy) is 1. The van der Waals surface area contributed by atoms with Crippen molar-refractivity contribution >= 4 is 0 Å². The lowest BCUT2D eigenvalue weighted by molar-refractivity contribution is 0.186. The highest BCUT2D eigenvalue weighted by molar-refractivity contribution is 5.42. The zero-order valence-corrected chi connectivity index (χ0v) is 11.2. The summed E-state index contributed by atoms with van der Waals surface area (Å²) in [5.41, 5.74) is 3.90. The fourth-order valence-corrected chi connectivity index (χ4v) is 2.41.